The third-order valence-electron chi connectivity index (χ3n) is 3.91. The van der Waals surface area contributed by atoms with Crippen LogP contribution >= 0.6 is 11.8 Å². The highest BCUT2D eigenvalue weighted by molar-refractivity contribution is 8.02. The quantitative estimate of drug-likeness (QED) is 0.941. The third-order valence-corrected chi connectivity index (χ3v) is 5.43. The van der Waals surface area contributed by atoms with E-state index in [2.05, 4.69) is 22.4 Å². The van der Waals surface area contributed by atoms with Gasteiger partial charge in [0.05, 0.1) is 16.5 Å². The van der Waals surface area contributed by atoms with Crippen molar-refractivity contribution in [2.75, 3.05) is 0 Å². The number of aliphatic imine (C=N–C) groups is 1. The van der Waals surface area contributed by atoms with E-state index in [0.717, 1.165) is 17.7 Å². The van der Waals surface area contributed by atoms with Gasteiger partial charge in [0.1, 0.15) is 0 Å². The number of nitrogens with zero attached hydrogens (tertiary/aromatic N) is 1. The van der Waals surface area contributed by atoms with Crippen LogP contribution in [0.25, 0.3) is 0 Å². The molecule has 2 aromatic carbocycles. The van der Waals surface area contributed by atoms with Crippen molar-refractivity contribution in [1.82, 2.24) is 5.32 Å². The molecule has 2 aliphatic rings. The topological polar surface area (TPSA) is 41.5 Å². The lowest BCUT2D eigenvalue weighted by Crippen LogP contribution is -2.40. The van der Waals surface area contributed by atoms with E-state index >= 15 is 0 Å². The fourth-order valence-electron chi connectivity index (χ4n) is 2.82. The molecule has 3 nitrogen and oxygen atoms in total. The van der Waals surface area contributed by atoms with Crippen LogP contribution in [0.1, 0.15) is 12.0 Å². The average molecular weight is 294 g/mol. The molecular weight excluding hydrogens is 280 g/mol. The molecule has 4 heteroatoms. The van der Waals surface area contributed by atoms with Crippen LogP contribution in [0.4, 0.5) is 4.79 Å². The average Bonchev–Trinajstić information content (AvgIpc) is 3.21. The molecule has 1 heterocycles. The highest BCUT2D eigenvalue weighted by Gasteiger charge is 2.62. The van der Waals surface area contributed by atoms with Crippen LogP contribution in [0.5, 0.6) is 0 Å². The second-order valence-electron chi connectivity index (χ2n) is 5.34. The molecule has 0 spiro atoms. The molecule has 1 fully saturated rings. The first-order valence-corrected chi connectivity index (χ1v) is 7.79. The van der Waals surface area contributed by atoms with Crippen LogP contribution in [-0.2, 0) is 0 Å². The summed E-state index contributed by atoms with van der Waals surface area (Å²) >= 11 is 1.80. The van der Waals surface area contributed by atoms with E-state index in [4.69, 9.17) is 0 Å². The molecule has 1 saturated carbocycles. The number of fused-ring (bicyclic) bond motifs is 1. The van der Waals surface area contributed by atoms with Gasteiger partial charge in [0.2, 0.25) is 0 Å². The number of carbonyl (C=O) groups excluding carboxylic acids is 1. The Morgan fingerprint density at radius 3 is 2.43 bits per heavy atom. The number of hydrogen-bond donors (Lipinski definition) is 1. The summed E-state index contributed by atoms with van der Waals surface area (Å²) < 4.78 is -0.114. The molecule has 2 aromatic rings. The first-order valence-electron chi connectivity index (χ1n) is 6.97. The smallest absolute Gasteiger partial charge is 0.332 e. The molecule has 104 valence electrons. The van der Waals surface area contributed by atoms with Gasteiger partial charge >= 0.3 is 6.03 Å². The number of hydrogen-bond acceptors (Lipinski definition) is 2. The van der Waals surface area contributed by atoms with Gasteiger partial charge in [-0.3, -0.25) is 0 Å². The van der Waals surface area contributed by atoms with E-state index in [1.54, 1.807) is 11.8 Å². The molecule has 0 saturated heterocycles. The summed E-state index contributed by atoms with van der Waals surface area (Å²) in [4.78, 5) is 17.3. The molecule has 1 aliphatic heterocycles. The maximum atomic E-state index is 11.8. The van der Waals surface area contributed by atoms with Crippen LogP contribution in [-0.4, -0.2) is 22.5 Å². The molecule has 0 aromatic heterocycles. The fourth-order valence-corrected chi connectivity index (χ4v) is 4.24. The van der Waals surface area contributed by atoms with Gasteiger partial charge in [-0.05, 0) is 24.1 Å². The fraction of sp³-hybridized carbons (Fsp3) is 0.176. The molecule has 1 N–H and O–H groups in total. The van der Waals surface area contributed by atoms with Gasteiger partial charge < -0.3 is 5.32 Å². The van der Waals surface area contributed by atoms with Gasteiger partial charge in [-0.25, -0.2) is 4.79 Å². The van der Waals surface area contributed by atoms with Crippen LogP contribution < -0.4 is 5.32 Å². The Morgan fingerprint density at radius 2 is 1.71 bits per heavy atom. The summed E-state index contributed by atoms with van der Waals surface area (Å²) in [5, 5.41) is 2.97. The highest BCUT2D eigenvalue weighted by atomic mass is 32.2. The minimum absolute atomic E-state index is 0.114. The van der Waals surface area contributed by atoms with Crippen molar-refractivity contribution in [3.8, 4) is 0 Å². The van der Waals surface area contributed by atoms with Gasteiger partial charge in [-0.1, -0.05) is 48.5 Å². The van der Waals surface area contributed by atoms with Gasteiger partial charge in [0.25, 0.3) is 0 Å². The summed E-state index contributed by atoms with van der Waals surface area (Å²) in [7, 11) is 0. The maximum absolute atomic E-state index is 11.8. The minimum Gasteiger partial charge on any atom is -0.332 e. The molecule has 0 bridgehead atoms. The first kappa shape index (κ1) is 12.7. The molecule has 4 rings (SSSR count). The number of benzene rings is 2. The number of nitrogens with one attached hydrogen (secondary N) is 1. The van der Waals surface area contributed by atoms with Crippen molar-refractivity contribution < 1.29 is 4.79 Å². The summed E-state index contributed by atoms with van der Waals surface area (Å²) in [6.07, 6.45) is 0.937. The third kappa shape index (κ3) is 2.16. The predicted molar refractivity (Wildman–Crippen MR) is 84.9 cm³/mol. The zero-order valence-electron chi connectivity index (χ0n) is 11.3. The molecule has 2 atom stereocenters. The number of rotatable bonds is 3. The van der Waals surface area contributed by atoms with Gasteiger partial charge in [0.15, 0.2) is 0 Å². The van der Waals surface area contributed by atoms with E-state index in [-0.39, 0.29) is 16.8 Å². The van der Waals surface area contributed by atoms with Crippen LogP contribution in [0.2, 0.25) is 0 Å². The predicted octanol–water partition coefficient (Wildman–Crippen LogP) is 3.50. The monoisotopic (exact) mass is 294 g/mol. The second-order valence-corrected chi connectivity index (χ2v) is 6.74. The van der Waals surface area contributed by atoms with Gasteiger partial charge in [-0.15, -0.1) is 11.8 Å². The standard InChI is InChI=1S/C17H14N2OS/c20-16-18-14-11-17(14,21-13-9-5-2-6-10-13)15(19-16)12-7-3-1-4-8-12/h1-10,14H,11H2,(H,18,20). The van der Waals surface area contributed by atoms with Crippen molar-refractivity contribution in [2.45, 2.75) is 22.1 Å². The first-order chi connectivity index (χ1) is 10.3. The Hall–Kier alpha value is -2.07. The lowest BCUT2D eigenvalue weighted by molar-refractivity contribution is 0.248. The summed E-state index contributed by atoms with van der Waals surface area (Å²) in [5.74, 6) is 0. The Morgan fingerprint density at radius 1 is 1.05 bits per heavy atom. The molecule has 2 unspecified atom stereocenters. The highest BCUT2D eigenvalue weighted by Crippen LogP contribution is 2.55. The van der Waals surface area contributed by atoms with E-state index in [1.165, 1.54) is 4.90 Å². The Bertz CT molecular complexity index is 714. The Labute approximate surface area is 127 Å². The zero-order chi connectivity index (χ0) is 14.3. The molecular formula is C17H14N2OS. The van der Waals surface area contributed by atoms with Crippen molar-refractivity contribution in [2.24, 2.45) is 4.99 Å². The number of amides is 2. The Balaban J connectivity index is 1.74. The number of urea groups is 1. The van der Waals surface area contributed by atoms with Crippen molar-refractivity contribution >= 4 is 23.5 Å². The molecule has 2 amide bonds. The minimum atomic E-state index is -0.222. The molecule has 21 heavy (non-hydrogen) atoms. The normalized spacial score (nSPS) is 26.6. The Kier molecular flexibility index (Phi) is 2.86. The molecule has 0 radical (unpaired) electrons. The number of carbonyl (C=O) groups is 1. The lowest BCUT2D eigenvalue weighted by Gasteiger charge is -2.23. The van der Waals surface area contributed by atoms with Gasteiger partial charge in [0, 0.05) is 4.90 Å². The van der Waals surface area contributed by atoms with E-state index in [1.807, 2.05) is 48.5 Å². The number of thioether (sulfide) groups is 1. The van der Waals surface area contributed by atoms with Crippen LogP contribution in [0, 0.1) is 0 Å². The maximum Gasteiger partial charge on any atom is 0.341 e. The lowest BCUT2D eigenvalue weighted by atomic mass is 10.0. The van der Waals surface area contributed by atoms with Crippen molar-refractivity contribution in [3.63, 3.8) is 0 Å². The van der Waals surface area contributed by atoms with E-state index in [9.17, 15) is 4.79 Å². The van der Waals surface area contributed by atoms with Crippen molar-refractivity contribution in [1.29, 1.82) is 0 Å². The second kappa shape index (κ2) is 4.74. The summed E-state index contributed by atoms with van der Waals surface area (Å²) in [5.41, 5.74) is 1.95. The summed E-state index contributed by atoms with van der Waals surface area (Å²) in [6.45, 7) is 0. The van der Waals surface area contributed by atoms with E-state index in [0.29, 0.717) is 0 Å². The molecule has 1 aliphatic carbocycles. The zero-order valence-corrected chi connectivity index (χ0v) is 12.1. The van der Waals surface area contributed by atoms with Crippen LogP contribution in [0.3, 0.4) is 0 Å². The van der Waals surface area contributed by atoms with Crippen LogP contribution in [0.15, 0.2) is 70.6 Å². The van der Waals surface area contributed by atoms with Crippen molar-refractivity contribution in [3.05, 3.63) is 66.2 Å². The van der Waals surface area contributed by atoms with E-state index < -0.39 is 0 Å². The SMILES string of the molecule is O=C1N=C(c2ccccc2)C2(Sc3ccccc3)CC2N1. The van der Waals surface area contributed by atoms with Gasteiger partial charge in [-0.2, -0.15) is 4.99 Å². The summed E-state index contributed by atoms with van der Waals surface area (Å²) in [6, 6.07) is 20.3. The largest absolute Gasteiger partial charge is 0.341 e.